The average molecular weight is 392 g/mol. The normalized spacial score (nSPS) is 19.7. The highest BCUT2D eigenvalue weighted by molar-refractivity contribution is 7.89. The van der Waals surface area contributed by atoms with E-state index in [-0.39, 0.29) is 19.0 Å². The molecule has 0 aliphatic carbocycles. The van der Waals surface area contributed by atoms with Crippen LogP contribution in [0.15, 0.2) is 23.1 Å². The van der Waals surface area contributed by atoms with Crippen molar-refractivity contribution >= 4 is 10.0 Å². The number of nitrogens with zero attached hydrogens (tertiary/aromatic N) is 3. The lowest BCUT2D eigenvalue weighted by Crippen LogP contribution is -2.39. The van der Waals surface area contributed by atoms with E-state index < -0.39 is 32.5 Å². The molecule has 0 amide bonds. The van der Waals surface area contributed by atoms with Gasteiger partial charge in [-0.1, -0.05) is 0 Å². The molecule has 0 radical (unpaired) electrons. The molecule has 0 unspecified atom stereocenters. The van der Waals surface area contributed by atoms with Gasteiger partial charge in [0.1, 0.15) is 11.6 Å². The molecule has 0 spiro atoms. The first-order chi connectivity index (χ1) is 12.1. The molecular weight excluding hydrogens is 376 g/mol. The van der Waals surface area contributed by atoms with Crippen LogP contribution in [0.3, 0.4) is 0 Å². The predicted octanol–water partition coefficient (Wildman–Crippen LogP) is 2.84. The minimum Gasteiger partial charge on any atom is -0.263 e. The van der Waals surface area contributed by atoms with Crippen LogP contribution >= 0.6 is 0 Å². The summed E-state index contributed by atoms with van der Waals surface area (Å²) in [4.78, 5) is 3.61. The Hall–Kier alpha value is -2.01. The fourth-order valence-electron chi connectivity index (χ4n) is 2.95. The van der Waals surface area contributed by atoms with Gasteiger partial charge in [-0.25, -0.2) is 17.8 Å². The first-order valence-electron chi connectivity index (χ1n) is 7.85. The maximum atomic E-state index is 13.4. The monoisotopic (exact) mass is 392 g/mol. The summed E-state index contributed by atoms with van der Waals surface area (Å²) in [6.07, 6.45) is -3.79. The SMILES string of the molecule is Cc1nc([C@@H]2CCCN(S(=O)(=O)c3ccc(F)c(C(F)(F)F)c3)C2)n[nH]1. The predicted molar refractivity (Wildman–Crippen MR) is 83.3 cm³/mol. The molecule has 11 heteroatoms. The highest BCUT2D eigenvalue weighted by Crippen LogP contribution is 2.34. The van der Waals surface area contributed by atoms with E-state index in [4.69, 9.17) is 0 Å². The Morgan fingerprint density at radius 1 is 1.31 bits per heavy atom. The summed E-state index contributed by atoms with van der Waals surface area (Å²) in [6.45, 7) is 1.93. The van der Waals surface area contributed by atoms with Crippen LogP contribution in [0.5, 0.6) is 0 Å². The van der Waals surface area contributed by atoms with Crippen molar-refractivity contribution in [3.8, 4) is 0 Å². The minimum atomic E-state index is -4.98. The summed E-state index contributed by atoms with van der Waals surface area (Å²) < 4.78 is 78.7. The number of alkyl halides is 3. The zero-order chi connectivity index (χ0) is 19.1. The van der Waals surface area contributed by atoms with Gasteiger partial charge in [0.15, 0.2) is 5.82 Å². The zero-order valence-corrected chi connectivity index (χ0v) is 14.5. The molecule has 142 valence electrons. The number of H-pyrrole nitrogens is 1. The van der Waals surface area contributed by atoms with Gasteiger partial charge >= 0.3 is 6.18 Å². The fraction of sp³-hybridized carbons (Fsp3) is 0.467. The zero-order valence-electron chi connectivity index (χ0n) is 13.7. The maximum absolute atomic E-state index is 13.4. The molecule has 1 aromatic carbocycles. The summed E-state index contributed by atoms with van der Waals surface area (Å²) in [5, 5.41) is 6.72. The second kappa shape index (κ2) is 6.62. The molecule has 3 rings (SSSR count). The molecule has 2 aromatic rings. The van der Waals surface area contributed by atoms with E-state index in [0.717, 1.165) is 10.4 Å². The number of piperidine rings is 1. The summed E-state index contributed by atoms with van der Waals surface area (Å²) >= 11 is 0. The highest BCUT2D eigenvalue weighted by atomic mass is 32.2. The van der Waals surface area contributed by atoms with E-state index in [9.17, 15) is 26.0 Å². The van der Waals surface area contributed by atoms with Gasteiger partial charge < -0.3 is 0 Å². The number of aromatic nitrogens is 3. The molecule has 1 atom stereocenters. The number of rotatable bonds is 3. The van der Waals surface area contributed by atoms with Crippen molar-refractivity contribution in [3.05, 3.63) is 41.2 Å². The number of nitrogens with one attached hydrogen (secondary N) is 1. The topological polar surface area (TPSA) is 79.0 Å². The van der Waals surface area contributed by atoms with Gasteiger partial charge in [-0.15, -0.1) is 0 Å². The number of sulfonamides is 1. The van der Waals surface area contributed by atoms with Crippen molar-refractivity contribution in [1.82, 2.24) is 19.5 Å². The summed E-state index contributed by atoms with van der Waals surface area (Å²) in [7, 11) is -4.19. The molecule has 0 bridgehead atoms. The lowest BCUT2D eigenvalue weighted by Gasteiger charge is -2.30. The van der Waals surface area contributed by atoms with Gasteiger partial charge in [0.2, 0.25) is 10.0 Å². The molecule has 6 nitrogen and oxygen atoms in total. The first-order valence-corrected chi connectivity index (χ1v) is 9.29. The van der Waals surface area contributed by atoms with Crippen LogP contribution in [0, 0.1) is 12.7 Å². The third kappa shape index (κ3) is 3.58. The Kier molecular flexibility index (Phi) is 4.78. The Labute approximate surface area is 147 Å². The van der Waals surface area contributed by atoms with Crippen molar-refractivity contribution in [2.45, 2.75) is 36.8 Å². The Morgan fingerprint density at radius 2 is 2.04 bits per heavy atom. The van der Waals surface area contributed by atoms with Crippen molar-refractivity contribution in [2.75, 3.05) is 13.1 Å². The van der Waals surface area contributed by atoms with Crippen LogP contribution in [-0.2, 0) is 16.2 Å². The van der Waals surface area contributed by atoms with Gasteiger partial charge in [-0.2, -0.15) is 22.6 Å². The van der Waals surface area contributed by atoms with Crippen LogP contribution in [0.2, 0.25) is 0 Å². The second-order valence-corrected chi connectivity index (χ2v) is 8.06. The molecule has 1 aliphatic rings. The molecular formula is C15H16F4N4O2S. The molecule has 0 saturated carbocycles. The quantitative estimate of drug-likeness (QED) is 0.815. The van der Waals surface area contributed by atoms with Crippen LogP contribution in [-0.4, -0.2) is 41.0 Å². The maximum Gasteiger partial charge on any atom is 0.419 e. The number of hydrogen-bond donors (Lipinski definition) is 1. The van der Waals surface area contributed by atoms with Crippen LogP contribution < -0.4 is 0 Å². The molecule has 1 aliphatic heterocycles. The van der Waals surface area contributed by atoms with Crippen molar-refractivity contribution in [2.24, 2.45) is 0 Å². The van der Waals surface area contributed by atoms with E-state index in [2.05, 4.69) is 15.2 Å². The van der Waals surface area contributed by atoms with E-state index in [1.165, 1.54) is 0 Å². The van der Waals surface area contributed by atoms with Gasteiger partial charge in [0.25, 0.3) is 0 Å². The molecule has 1 N–H and O–H groups in total. The minimum absolute atomic E-state index is 0.0539. The fourth-order valence-corrected chi connectivity index (χ4v) is 4.50. The van der Waals surface area contributed by atoms with Gasteiger partial charge in [0.05, 0.1) is 10.5 Å². The van der Waals surface area contributed by atoms with Crippen LogP contribution in [0.1, 0.15) is 36.0 Å². The molecule has 1 saturated heterocycles. The third-order valence-electron chi connectivity index (χ3n) is 4.24. The van der Waals surface area contributed by atoms with Crippen LogP contribution in [0.4, 0.5) is 17.6 Å². The summed E-state index contributed by atoms with van der Waals surface area (Å²) in [6, 6.07) is 1.71. The standard InChI is InChI=1S/C15H16F4N4O2S/c1-9-20-14(22-21-9)10-3-2-6-23(8-10)26(24,25)11-4-5-13(16)12(7-11)15(17,18)19/h4-5,7,10H,2-3,6,8H2,1H3,(H,20,21,22)/t10-/m1/s1. The first kappa shape index (κ1) is 18.8. The smallest absolute Gasteiger partial charge is 0.263 e. The van der Waals surface area contributed by atoms with E-state index in [1.807, 2.05) is 0 Å². The number of hydrogen-bond acceptors (Lipinski definition) is 4. The van der Waals surface area contributed by atoms with E-state index in [0.29, 0.717) is 36.6 Å². The summed E-state index contributed by atoms with van der Waals surface area (Å²) in [5.74, 6) is -0.707. The third-order valence-corrected chi connectivity index (χ3v) is 6.11. The van der Waals surface area contributed by atoms with Crippen LogP contribution in [0.25, 0.3) is 0 Å². The van der Waals surface area contributed by atoms with Gasteiger partial charge in [-0.05, 0) is 38.0 Å². The molecule has 1 aromatic heterocycles. The number of benzene rings is 1. The number of aryl methyl sites for hydroxylation is 1. The highest BCUT2D eigenvalue weighted by Gasteiger charge is 2.37. The van der Waals surface area contributed by atoms with E-state index >= 15 is 0 Å². The molecule has 26 heavy (non-hydrogen) atoms. The van der Waals surface area contributed by atoms with Gasteiger partial charge in [-0.3, -0.25) is 5.10 Å². The van der Waals surface area contributed by atoms with E-state index in [1.54, 1.807) is 6.92 Å². The van der Waals surface area contributed by atoms with Gasteiger partial charge in [0, 0.05) is 19.0 Å². The Bertz CT molecular complexity index is 911. The Morgan fingerprint density at radius 3 is 2.65 bits per heavy atom. The number of aromatic amines is 1. The molecule has 1 fully saturated rings. The number of halogens is 4. The molecule has 2 heterocycles. The van der Waals surface area contributed by atoms with Crippen molar-refractivity contribution < 1.29 is 26.0 Å². The largest absolute Gasteiger partial charge is 0.419 e. The Balaban J connectivity index is 1.90. The average Bonchev–Trinajstić information content (AvgIpc) is 3.00. The van der Waals surface area contributed by atoms with Crippen molar-refractivity contribution in [1.29, 1.82) is 0 Å². The lowest BCUT2D eigenvalue weighted by molar-refractivity contribution is -0.140. The second-order valence-electron chi connectivity index (χ2n) is 6.12. The summed E-state index contributed by atoms with van der Waals surface area (Å²) in [5.41, 5.74) is -1.60. The lowest BCUT2D eigenvalue weighted by atomic mass is 9.99. The van der Waals surface area contributed by atoms with Crippen molar-refractivity contribution in [3.63, 3.8) is 0 Å².